The summed E-state index contributed by atoms with van der Waals surface area (Å²) in [6, 6.07) is 35.1. The molecule has 0 unspecified atom stereocenters. The van der Waals surface area contributed by atoms with E-state index in [-0.39, 0.29) is 17.6 Å². The predicted molar refractivity (Wildman–Crippen MR) is 154 cm³/mol. The maximum atomic E-state index is 14.1. The first-order valence-electron chi connectivity index (χ1n) is 13.3. The van der Waals surface area contributed by atoms with Gasteiger partial charge in [0.05, 0.1) is 17.4 Å². The summed E-state index contributed by atoms with van der Waals surface area (Å²) in [5.74, 6) is 0.617. The molecule has 1 amide bonds. The van der Waals surface area contributed by atoms with Crippen LogP contribution in [0.3, 0.4) is 0 Å². The molecule has 1 heterocycles. The molecule has 6 rings (SSSR count). The zero-order valence-electron chi connectivity index (χ0n) is 21.8. The number of anilines is 2. The van der Waals surface area contributed by atoms with Gasteiger partial charge in [-0.1, -0.05) is 91.0 Å². The number of carbonyl (C=O) groups is 2. The number of para-hydroxylation sites is 3. The molecule has 0 saturated carbocycles. The number of amides is 1. The van der Waals surface area contributed by atoms with E-state index in [1.165, 1.54) is 0 Å². The first-order valence-corrected chi connectivity index (χ1v) is 13.3. The SMILES string of the molecule is CC(=O)N1c2ccccc2NC2=C(C(=O)C[C@H](c3ccccc3)C2)[C@@H]1c1ccccc1OCc1ccccc1. The van der Waals surface area contributed by atoms with Crippen molar-refractivity contribution in [3.8, 4) is 5.75 Å². The standard InChI is InChI=1S/C34H30N2O3/c1-23(37)36-30-18-10-9-17-28(30)35-29-20-26(25-14-6-3-7-15-25)21-31(38)33(29)34(36)27-16-8-11-19-32(27)39-22-24-12-4-2-5-13-24/h2-19,26,34-35H,20-22H2,1H3/t26-,34+/m1/s1. The lowest BCUT2D eigenvalue weighted by molar-refractivity contribution is -0.117. The van der Waals surface area contributed by atoms with Crippen LogP contribution >= 0.6 is 0 Å². The Morgan fingerprint density at radius 1 is 0.846 bits per heavy atom. The molecule has 2 aliphatic rings. The van der Waals surface area contributed by atoms with Crippen LogP contribution in [0.2, 0.25) is 0 Å². The molecular weight excluding hydrogens is 484 g/mol. The van der Waals surface area contributed by atoms with Gasteiger partial charge in [0.1, 0.15) is 12.4 Å². The van der Waals surface area contributed by atoms with Crippen LogP contribution < -0.4 is 15.0 Å². The van der Waals surface area contributed by atoms with E-state index in [2.05, 4.69) is 17.4 Å². The van der Waals surface area contributed by atoms with Gasteiger partial charge in [0.25, 0.3) is 0 Å². The summed E-state index contributed by atoms with van der Waals surface area (Å²) in [6.07, 6.45) is 1.06. The topological polar surface area (TPSA) is 58.6 Å². The number of carbonyl (C=O) groups excluding carboxylic acids is 2. The zero-order valence-corrected chi connectivity index (χ0v) is 21.8. The van der Waals surface area contributed by atoms with Gasteiger partial charge in [-0.15, -0.1) is 0 Å². The lowest BCUT2D eigenvalue weighted by atomic mass is 9.78. The van der Waals surface area contributed by atoms with Crippen molar-refractivity contribution in [2.24, 2.45) is 0 Å². The molecule has 0 bridgehead atoms. The summed E-state index contributed by atoms with van der Waals surface area (Å²) >= 11 is 0. The maximum Gasteiger partial charge on any atom is 0.224 e. The Kier molecular flexibility index (Phi) is 6.72. The number of ketones is 1. The first kappa shape index (κ1) is 24.7. The fourth-order valence-electron chi connectivity index (χ4n) is 5.77. The predicted octanol–water partition coefficient (Wildman–Crippen LogP) is 7.19. The highest BCUT2D eigenvalue weighted by molar-refractivity contribution is 6.06. The summed E-state index contributed by atoms with van der Waals surface area (Å²) in [7, 11) is 0. The number of nitrogens with one attached hydrogen (secondary N) is 1. The first-order chi connectivity index (χ1) is 19.1. The summed E-state index contributed by atoms with van der Waals surface area (Å²) in [5.41, 5.74) is 6.02. The third-order valence-electron chi connectivity index (χ3n) is 7.55. The van der Waals surface area contributed by atoms with Gasteiger partial charge in [0.2, 0.25) is 5.91 Å². The molecule has 1 N–H and O–H groups in total. The average Bonchev–Trinajstić information content (AvgIpc) is 3.12. The Morgan fingerprint density at radius 2 is 1.51 bits per heavy atom. The van der Waals surface area contributed by atoms with E-state index in [1.807, 2.05) is 97.1 Å². The fourth-order valence-corrected chi connectivity index (χ4v) is 5.77. The number of ether oxygens (including phenoxy) is 1. The summed E-state index contributed by atoms with van der Waals surface area (Å²) in [6.45, 7) is 1.94. The van der Waals surface area contributed by atoms with Gasteiger partial charge in [0, 0.05) is 30.2 Å². The van der Waals surface area contributed by atoms with Crippen LogP contribution in [0.15, 0.2) is 120 Å². The van der Waals surface area contributed by atoms with Gasteiger partial charge in [0.15, 0.2) is 5.78 Å². The molecule has 4 aromatic rings. The van der Waals surface area contributed by atoms with Gasteiger partial charge in [-0.3, -0.25) is 14.5 Å². The number of rotatable bonds is 5. The highest BCUT2D eigenvalue weighted by Crippen LogP contribution is 2.48. The van der Waals surface area contributed by atoms with E-state index in [0.717, 1.165) is 33.8 Å². The molecule has 1 aliphatic heterocycles. The zero-order chi connectivity index (χ0) is 26.8. The molecule has 4 aromatic carbocycles. The van der Waals surface area contributed by atoms with E-state index in [0.29, 0.717) is 30.8 Å². The monoisotopic (exact) mass is 514 g/mol. The molecule has 5 heteroatoms. The van der Waals surface area contributed by atoms with Gasteiger partial charge < -0.3 is 10.1 Å². The molecule has 2 atom stereocenters. The fraction of sp³-hybridized carbons (Fsp3) is 0.176. The number of Topliss-reactive ketones (excluding diaryl/α,β-unsaturated/α-hetero) is 1. The van der Waals surface area contributed by atoms with E-state index in [4.69, 9.17) is 4.74 Å². The van der Waals surface area contributed by atoms with Crippen molar-refractivity contribution < 1.29 is 14.3 Å². The van der Waals surface area contributed by atoms with Crippen LogP contribution in [0.5, 0.6) is 5.75 Å². The smallest absolute Gasteiger partial charge is 0.224 e. The summed E-state index contributed by atoms with van der Waals surface area (Å²) in [5, 5.41) is 3.58. The summed E-state index contributed by atoms with van der Waals surface area (Å²) in [4.78, 5) is 29.2. The molecule has 194 valence electrons. The lowest BCUT2D eigenvalue weighted by Crippen LogP contribution is -2.37. The van der Waals surface area contributed by atoms with Crippen molar-refractivity contribution in [3.63, 3.8) is 0 Å². The van der Waals surface area contributed by atoms with Gasteiger partial charge in [-0.05, 0) is 41.7 Å². The Hall–Kier alpha value is -4.64. The Balaban J connectivity index is 1.49. The second-order valence-electron chi connectivity index (χ2n) is 10.1. The van der Waals surface area contributed by atoms with E-state index in [1.54, 1.807) is 11.8 Å². The quantitative estimate of drug-likeness (QED) is 0.306. The molecule has 5 nitrogen and oxygen atoms in total. The second kappa shape index (κ2) is 10.6. The second-order valence-corrected chi connectivity index (χ2v) is 10.1. The van der Waals surface area contributed by atoms with Gasteiger partial charge >= 0.3 is 0 Å². The van der Waals surface area contributed by atoms with Crippen molar-refractivity contribution >= 4 is 23.1 Å². The number of nitrogens with zero attached hydrogens (tertiary/aromatic N) is 1. The van der Waals surface area contributed by atoms with E-state index >= 15 is 0 Å². The van der Waals surface area contributed by atoms with Crippen molar-refractivity contribution in [2.45, 2.75) is 38.3 Å². The van der Waals surface area contributed by atoms with Crippen LogP contribution in [-0.4, -0.2) is 11.7 Å². The molecule has 0 fully saturated rings. The lowest BCUT2D eigenvalue weighted by Gasteiger charge is -2.35. The van der Waals surface area contributed by atoms with Crippen LogP contribution in [-0.2, 0) is 16.2 Å². The Bertz CT molecular complexity index is 1550. The molecule has 0 radical (unpaired) electrons. The van der Waals surface area contributed by atoms with E-state index in [9.17, 15) is 9.59 Å². The maximum absolute atomic E-state index is 14.1. The molecule has 0 spiro atoms. The number of hydrogen-bond donors (Lipinski definition) is 1. The van der Waals surface area contributed by atoms with Gasteiger partial charge in [-0.2, -0.15) is 0 Å². The number of fused-ring (bicyclic) bond motifs is 1. The minimum absolute atomic E-state index is 0.0412. The largest absolute Gasteiger partial charge is 0.489 e. The van der Waals surface area contributed by atoms with Gasteiger partial charge in [-0.25, -0.2) is 0 Å². The average molecular weight is 515 g/mol. The van der Waals surface area contributed by atoms with E-state index < -0.39 is 6.04 Å². The molecular formula is C34H30N2O3. The van der Waals surface area contributed by atoms with Crippen LogP contribution in [0.25, 0.3) is 0 Å². The highest BCUT2D eigenvalue weighted by atomic mass is 16.5. The Labute approximate surface area is 228 Å². The highest BCUT2D eigenvalue weighted by Gasteiger charge is 2.41. The summed E-state index contributed by atoms with van der Waals surface area (Å²) < 4.78 is 6.35. The van der Waals surface area contributed by atoms with Crippen molar-refractivity contribution in [1.29, 1.82) is 0 Å². The van der Waals surface area contributed by atoms with Crippen LogP contribution in [0.1, 0.15) is 48.4 Å². The van der Waals surface area contributed by atoms with Crippen molar-refractivity contribution in [1.82, 2.24) is 0 Å². The number of benzene rings is 4. The molecule has 1 aliphatic carbocycles. The third kappa shape index (κ3) is 4.84. The molecule has 0 aromatic heterocycles. The van der Waals surface area contributed by atoms with Crippen molar-refractivity contribution in [3.05, 3.63) is 137 Å². The third-order valence-corrected chi connectivity index (χ3v) is 7.55. The van der Waals surface area contributed by atoms with Crippen LogP contribution in [0, 0.1) is 0 Å². The number of hydrogen-bond acceptors (Lipinski definition) is 4. The molecule has 39 heavy (non-hydrogen) atoms. The molecule has 0 saturated heterocycles. The minimum Gasteiger partial charge on any atom is -0.489 e. The van der Waals surface area contributed by atoms with Crippen LogP contribution in [0.4, 0.5) is 11.4 Å². The normalized spacial score (nSPS) is 18.5. The van der Waals surface area contributed by atoms with Crippen molar-refractivity contribution in [2.75, 3.05) is 10.2 Å². The number of allylic oxidation sites excluding steroid dienone is 1. The minimum atomic E-state index is -0.621. The Morgan fingerprint density at radius 3 is 2.28 bits per heavy atom.